The average Bonchev–Trinajstić information content (AvgIpc) is 3.73. The molecule has 0 unspecified atom stereocenters. The summed E-state index contributed by atoms with van der Waals surface area (Å²) in [5.74, 6) is -1.18. The molecule has 0 radical (unpaired) electrons. The number of fused-ring (bicyclic) bond motifs is 2. The Bertz CT molecular complexity index is 1120. The zero-order chi connectivity index (χ0) is 26.5. The van der Waals surface area contributed by atoms with Crippen LogP contribution in [0.25, 0.3) is 0 Å². The third-order valence-corrected chi connectivity index (χ3v) is 14.4. The number of hydrogen-bond acceptors (Lipinski definition) is 5. The number of carbonyl (C=O) groups is 1. The Labute approximate surface area is 229 Å². The second-order valence-electron chi connectivity index (χ2n) is 11.5. The Kier molecular flexibility index (Phi) is 7.18. The molecule has 0 saturated carbocycles. The van der Waals surface area contributed by atoms with Crippen molar-refractivity contribution >= 4 is 40.4 Å². The van der Waals surface area contributed by atoms with E-state index >= 15 is 0 Å². The van der Waals surface area contributed by atoms with Crippen molar-refractivity contribution in [3.8, 4) is 0 Å². The fourth-order valence-corrected chi connectivity index (χ4v) is 11.0. The maximum atomic E-state index is 13.1. The Morgan fingerprint density at radius 3 is 1.92 bits per heavy atom. The van der Waals surface area contributed by atoms with Crippen molar-refractivity contribution in [1.29, 1.82) is 0 Å². The summed E-state index contributed by atoms with van der Waals surface area (Å²) in [7, 11) is -2.83. The van der Waals surface area contributed by atoms with Gasteiger partial charge in [0.25, 0.3) is 8.32 Å². The van der Waals surface area contributed by atoms with Gasteiger partial charge >= 0.3 is 0 Å². The van der Waals surface area contributed by atoms with Crippen LogP contribution in [0.3, 0.4) is 0 Å². The minimum absolute atomic E-state index is 0.0342. The van der Waals surface area contributed by atoms with E-state index in [2.05, 4.69) is 99.1 Å². The van der Waals surface area contributed by atoms with Gasteiger partial charge in [0.05, 0.1) is 24.3 Å². The number of ether oxygens (including phenoxy) is 3. The van der Waals surface area contributed by atoms with Gasteiger partial charge in [-0.05, 0) is 44.2 Å². The zero-order valence-corrected chi connectivity index (χ0v) is 25.0. The number of rotatable bonds is 7. The molecule has 7 heteroatoms. The second kappa shape index (κ2) is 9.85. The van der Waals surface area contributed by atoms with Crippen molar-refractivity contribution in [3.63, 3.8) is 0 Å². The number of carbonyl (C=O) groups excluding carboxylic acids is 1. The summed E-state index contributed by atoms with van der Waals surface area (Å²) in [5, 5.41) is 2.17. The predicted molar refractivity (Wildman–Crippen MR) is 151 cm³/mol. The number of halogens is 1. The van der Waals surface area contributed by atoms with E-state index in [0.29, 0.717) is 23.3 Å². The highest BCUT2D eigenvalue weighted by Crippen LogP contribution is 2.53. The molecule has 198 valence electrons. The van der Waals surface area contributed by atoms with E-state index in [1.54, 1.807) is 0 Å². The van der Waals surface area contributed by atoms with Gasteiger partial charge in [-0.1, -0.05) is 95.3 Å². The first kappa shape index (κ1) is 27.0. The SMILES string of the molecule is CCC1(CC)COC2(OC1)C(CO[Si](c1ccccc1)(c1ccccc1)C(C)(C)C)=C(Br)C(=O)[C@@H]1O[C@@H]12. The Morgan fingerprint density at radius 1 is 0.946 bits per heavy atom. The molecule has 2 aromatic carbocycles. The first-order chi connectivity index (χ1) is 17.6. The molecule has 2 fully saturated rings. The summed E-state index contributed by atoms with van der Waals surface area (Å²) in [6, 6.07) is 21.0. The Hall–Kier alpha value is -1.61. The first-order valence-electron chi connectivity index (χ1n) is 13.3. The Balaban J connectivity index is 1.57. The first-order valence-corrected chi connectivity index (χ1v) is 16.0. The zero-order valence-electron chi connectivity index (χ0n) is 22.4. The number of hydrogen-bond donors (Lipinski definition) is 0. The summed E-state index contributed by atoms with van der Waals surface area (Å²) in [6.07, 6.45) is 0.964. The fourth-order valence-electron chi connectivity index (χ4n) is 5.91. The molecule has 1 aliphatic carbocycles. The molecule has 0 bridgehead atoms. The van der Waals surface area contributed by atoms with Crippen molar-refractivity contribution in [3.05, 3.63) is 70.7 Å². The predicted octanol–water partition coefficient (Wildman–Crippen LogP) is 5.11. The Morgan fingerprint density at radius 2 is 1.46 bits per heavy atom. The lowest BCUT2D eigenvalue weighted by atomic mass is 9.81. The number of benzene rings is 2. The maximum absolute atomic E-state index is 13.1. The molecule has 0 amide bonds. The van der Waals surface area contributed by atoms with Crippen molar-refractivity contribution < 1.29 is 23.4 Å². The molecule has 1 spiro atoms. The van der Waals surface area contributed by atoms with Crippen molar-refractivity contribution in [2.75, 3.05) is 19.8 Å². The molecule has 0 N–H and O–H groups in total. The molecule has 2 heterocycles. The summed E-state index contributed by atoms with van der Waals surface area (Å²) < 4.78 is 26.7. The highest BCUT2D eigenvalue weighted by molar-refractivity contribution is 9.12. The minimum Gasteiger partial charge on any atom is -0.403 e. The molecule has 5 nitrogen and oxygen atoms in total. The normalized spacial score (nSPS) is 24.8. The summed E-state index contributed by atoms with van der Waals surface area (Å²) in [5.41, 5.74) is 0.665. The molecule has 2 aliphatic heterocycles. The van der Waals surface area contributed by atoms with Gasteiger partial charge in [0.15, 0.2) is 12.2 Å². The molecule has 2 saturated heterocycles. The maximum Gasteiger partial charge on any atom is 0.261 e. The van der Waals surface area contributed by atoms with Crippen LogP contribution in [-0.2, 0) is 23.4 Å². The highest BCUT2D eigenvalue weighted by Gasteiger charge is 2.68. The number of epoxide rings is 1. The molecule has 2 atom stereocenters. The fraction of sp³-hybridized carbons (Fsp3) is 0.500. The molecular formula is C30H37BrO5Si. The van der Waals surface area contributed by atoms with Crippen LogP contribution in [0.15, 0.2) is 70.7 Å². The average molecular weight is 586 g/mol. The second-order valence-corrected chi connectivity index (χ2v) is 16.6. The molecule has 5 rings (SSSR count). The number of ketones is 1. The lowest BCUT2D eigenvalue weighted by Gasteiger charge is -2.48. The van der Waals surface area contributed by atoms with Crippen LogP contribution in [0.4, 0.5) is 0 Å². The number of Topliss-reactive ketones (excluding diaryl/α,β-unsaturated/α-hetero) is 1. The topological polar surface area (TPSA) is 57.3 Å². The van der Waals surface area contributed by atoms with E-state index in [9.17, 15) is 4.79 Å². The standard InChI is InChI=1S/C30H37BrO5Si/c1-6-29(7-2)19-33-30(34-20-29)23(24(31)25(32)26-27(30)36-26)18-35-37(28(3,4)5,21-14-10-8-11-15-21)22-16-12-9-13-17-22/h8-17,26-27H,6-7,18-20H2,1-5H3/t26-,27-/m0/s1. The summed E-state index contributed by atoms with van der Waals surface area (Å²) in [6.45, 7) is 12.4. The van der Waals surface area contributed by atoms with E-state index in [0.717, 1.165) is 12.8 Å². The van der Waals surface area contributed by atoms with Crippen LogP contribution < -0.4 is 10.4 Å². The van der Waals surface area contributed by atoms with Crippen molar-refractivity contribution in [1.82, 2.24) is 0 Å². The molecular weight excluding hydrogens is 548 g/mol. The van der Waals surface area contributed by atoms with Gasteiger partial charge in [-0.15, -0.1) is 0 Å². The van der Waals surface area contributed by atoms with Gasteiger partial charge in [0, 0.05) is 11.0 Å². The lowest BCUT2D eigenvalue weighted by molar-refractivity contribution is -0.294. The van der Waals surface area contributed by atoms with Crippen LogP contribution in [0, 0.1) is 5.41 Å². The van der Waals surface area contributed by atoms with Crippen LogP contribution >= 0.6 is 15.9 Å². The van der Waals surface area contributed by atoms with E-state index in [1.165, 1.54) is 10.4 Å². The van der Waals surface area contributed by atoms with Gasteiger partial charge in [-0.3, -0.25) is 4.79 Å². The third-order valence-electron chi connectivity index (χ3n) is 8.56. The monoisotopic (exact) mass is 584 g/mol. The quantitative estimate of drug-likeness (QED) is 0.334. The molecule has 3 aliphatic rings. The van der Waals surface area contributed by atoms with Gasteiger partial charge in [-0.25, -0.2) is 0 Å². The summed E-state index contributed by atoms with van der Waals surface area (Å²) >= 11 is 3.62. The van der Waals surface area contributed by atoms with Crippen LogP contribution in [0.2, 0.25) is 5.04 Å². The molecule has 37 heavy (non-hydrogen) atoms. The summed E-state index contributed by atoms with van der Waals surface area (Å²) in [4.78, 5) is 13.1. The lowest BCUT2D eigenvalue weighted by Crippen LogP contribution is -2.67. The third kappa shape index (κ3) is 4.32. The van der Waals surface area contributed by atoms with E-state index < -0.39 is 26.3 Å². The van der Waals surface area contributed by atoms with Gasteiger partial charge < -0.3 is 18.6 Å². The van der Waals surface area contributed by atoms with Crippen LogP contribution in [0.5, 0.6) is 0 Å². The van der Waals surface area contributed by atoms with Crippen LogP contribution in [0.1, 0.15) is 47.5 Å². The van der Waals surface area contributed by atoms with E-state index in [1.807, 2.05) is 12.1 Å². The van der Waals surface area contributed by atoms with Gasteiger partial charge in [0.2, 0.25) is 11.6 Å². The van der Waals surface area contributed by atoms with E-state index in [4.69, 9.17) is 18.6 Å². The minimum atomic E-state index is -2.83. The van der Waals surface area contributed by atoms with Crippen LogP contribution in [-0.4, -0.2) is 51.9 Å². The van der Waals surface area contributed by atoms with E-state index in [-0.39, 0.29) is 22.8 Å². The largest absolute Gasteiger partial charge is 0.403 e. The van der Waals surface area contributed by atoms with Crippen molar-refractivity contribution in [2.45, 2.75) is 70.5 Å². The van der Waals surface area contributed by atoms with Gasteiger partial charge in [0.1, 0.15) is 0 Å². The molecule has 2 aromatic rings. The highest BCUT2D eigenvalue weighted by atomic mass is 79.9. The van der Waals surface area contributed by atoms with Crippen molar-refractivity contribution in [2.24, 2.45) is 5.41 Å². The van der Waals surface area contributed by atoms with Gasteiger partial charge in [-0.2, -0.15) is 0 Å². The molecule has 0 aromatic heterocycles. The smallest absolute Gasteiger partial charge is 0.261 e.